The summed E-state index contributed by atoms with van der Waals surface area (Å²) in [6.45, 7) is 5.34. The van der Waals surface area contributed by atoms with E-state index in [1.54, 1.807) is 11.3 Å². The molecule has 0 saturated carbocycles. The van der Waals surface area contributed by atoms with Crippen LogP contribution in [-0.2, 0) is 6.54 Å². The van der Waals surface area contributed by atoms with Gasteiger partial charge in [0.15, 0.2) is 0 Å². The van der Waals surface area contributed by atoms with Gasteiger partial charge in [-0.3, -0.25) is 4.98 Å². The number of nitrogens with zero attached hydrogens (tertiary/aromatic N) is 2. The number of rotatable bonds is 8. The largest absolute Gasteiger partial charge is 0.309 e. The van der Waals surface area contributed by atoms with Crippen LogP contribution in [0, 0.1) is 0 Å². The van der Waals surface area contributed by atoms with Crippen molar-refractivity contribution < 1.29 is 0 Å². The van der Waals surface area contributed by atoms with Crippen LogP contribution in [-0.4, -0.2) is 16.0 Å². The first-order valence-electron chi connectivity index (χ1n) is 7.38. The molecule has 2 aromatic heterocycles. The second kappa shape index (κ2) is 8.12. The van der Waals surface area contributed by atoms with Crippen LogP contribution in [0.4, 0.5) is 0 Å². The van der Waals surface area contributed by atoms with Gasteiger partial charge in [-0.2, -0.15) is 0 Å². The van der Waals surface area contributed by atoms with Gasteiger partial charge in [-0.25, -0.2) is 4.98 Å². The van der Waals surface area contributed by atoms with Crippen LogP contribution in [0.3, 0.4) is 0 Å². The van der Waals surface area contributed by atoms with E-state index in [0.717, 1.165) is 22.9 Å². The average molecular weight is 289 g/mol. The van der Waals surface area contributed by atoms with Crippen molar-refractivity contribution in [2.45, 2.75) is 52.1 Å². The van der Waals surface area contributed by atoms with Gasteiger partial charge < -0.3 is 5.32 Å². The Morgan fingerprint density at radius 3 is 2.95 bits per heavy atom. The first-order chi connectivity index (χ1) is 9.79. The topological polar surface area (TPSA) is 37.8 Å². The number of aromatic nitrogens is 2. The molecule has 0 aliphatic heterocycles. The number of hydrogen-bond acceptors (Lipinski definition) is 4. The summed E-state index contributed by atoms with van der Waals surface area (Å²) in [7, 11) is 0. The van der Waals surface area contributed by atoms with Crippen LogP contribution < -0.4 is 5.32 Å². The van der Waals surface area contributed by atoms with E-state index in [1.807, 2.05) is 24.4 Å². The fourth-order valence-corrected chi connectivity index (χ4v) is 2.87. The maximum absolute atomic E-state index is 4.64. The van der Waals surface area contributed by atoms with Gasteiger partial charge in [-0.05, 0) is 25.5 Å². The molecule has 108 valence electrons. The monoisotopic (exact) mass is 289 g/mol. The highest BCUT2D eigenvalue weighted by molar-refractivity contribution is 7.13. The van der Waals surface area contributed by atoms with E-state index >= 15 is 0 Å². The molecule has 0 saturated heterocycles. The molecule has 20 heavy (non-hydrogen) atoms. The number of unbranched alkanes of at least 4 members (excludes halogenated alkanes) is 2. The minimum atomic E-state index is 0.557. The molecule has 0 aliphatic rings. The maximum Gasteiger partial charge on any atom is 0.142 e. The van der Waals surface area contributed by atoms with Gasteiger partial charge in [0.25, 0.3) is 0 Å². The Labute approximate surface area is 125 Å². The van der Waals surface area contributed by atoms with E-state index in [1.165, 1.54) is 25.7 Å². The van der Waals surface area contributed by atoms with Gasteiger partial charge >= 0.3 is 0 Å². The Morgan fingerprint density at radius 1 is 1.30 bits per heavy atom. The first-order valence-corrected chi connectivity index (χ1v) is 8.26. The van der Waals surface area contributed by atoms with Crippen LogP contribution >= 0.6 is 11.3 Å². The van der Waals surface area contributed by atoms with Crippen molar-refractivity contribution in [2.75, 3.05) is 0 Å². The molecule has 0 spiro atoms. The lowest BCUT2D eigenvalue weighted by atomic mass is 10.1. The van der Waals surface area contributed by atoms with Gasteiger partial charge in [-0.15, -0.1) is 11.3 Å². The van der Waals surface area contributed by atoms with Crippen molar-refractivity contribution in [3.05, 3.63) is 35.5 Å². The smallest absolute Gasteiger partial charge is 0.142 e. The molecular weight excluding hydrogens is 266 g/mol. The molecule has 0 amide bonds. The van der Waals surface area contributed by atoms with Crippen molar-refractivity contribution in [3.63, 3.8) is 0 Å². The molecule has 4 heteroatoms. The fourth-order valence-electron chi connectivity index (χ4n) is 2.08. The number of hydrogen-bond donors (Lipinski definition) is 1. The molecule has 0 aliphatic carbocycles. The van der Waals surface area contributed by atoms with Crippen LogP contribution in [0.2, 0.25) is 0 Å². The Balaban J connectivity index is 1.81. The quantitative estimate of drug-likeness (QED) is 0.738. The molecule has 2 aromatic rings. The summed E-state index contributed by atoms with van der Waals surface area (Å²) in [5.41, 5.74) is 2.07. The highest BCUT2D eigenvalue weighted by Gasteiger charge is 2.07. The predicted octanol–water partition coefficient (Wildman–Crippen LogP) is 4.26. The Hall–Kier alpha value is -1.26. The predicted molar refractivity (Wildman–Crippen MR) is 85.8 cm³/mol. The van der Waals surface area contributed by atoms with Crippen molar-refractivity contribution in [1.82, 2.24) is 15.3 Å². The summed E-state index contributed by atoms with van der Waals surface area (Å²) in [6, 6.07) is 6.49. The van der Waals surface area contributed by atoms with Gasteiger partial charge in [0.05, 0.1) is 11.4 Å². The van der Waals surface area contributed by atoms with E-state index in [0.29, 0.717) is 6.04 Å². The molecule has 0 bridgehead atoms. The number of thiazole rings is 1. The SMILES string of the molecule is CCCCCC(C)NCc1csc(-c2ccccn2)n1. The maximum atomic E-state index is 4.64. The normalized spacial score (nSPS) is 12.5. The molecule has 1 atom stereocenters. The van der Waals surface area contributed by atoms with E-state index in [-0.39, 0.29) is 0 Å². The second-order valence-corrected chi connectivity index (χ2v) is 5.99. The summed E-state index contributed by atoms with van der Waals surface area (Å²) >= 11 is 1.66. The van der Waals surface area contributed by atoms with Crippen LogP contribution in [0.15, 0.2) is 29.8 Å². The third-order valence-electron chi connectivity index (χ3n) is 3.31. The Bertz CT molecular complexity index is 495. The minimum Gasteiger partial charge on any atom is -0.309 e. The minimum absolute atomic E-state index is 0.557. The van der Waals surface area contributed by atoms with Gasteiger partial charge in [0, 0.05) is 24.2 Å². The van der Waals surface area contributed by atoms with Gasteiger partial charge in [-0.1, -0.05) is 32.3 Å². The first kappa shape index (κ1) is 15.1. The lowest BCUT2D eigenvalue weighted by molar-refractivity contribution is 0.485. The second-order valence-electron chi connectivity index (χ2n) is 5.14. The van der Waals surface area contributed by atoms with Gasteiger partial charge in [0.2, 0.25) is 0 Å². The van der Waals surface area contributed by atoms with Crippen LogP contribution in [0.25, 0.3) is 10.7 Å². The molecule has 0 fully saturated rings. The number of nitrogens with one attached hydrogen (secondary N) is 1. The molecule has 1 unspecified atom stereocenters. The van der Waals surface area contributed by atoms with Crippen LogP contribution in [0.5, 0.6) is 0 Å². The molecule has 1 N–H and O–H groups in total. The molecule has 2 rings (SSSR count). The lowest BCUT2D eigenvalue weighted by Crippen LogP contribution is -2.25. The molecule has 0 radical (unpaired) electrons. The van der Waals surface area contributed by atoms with Crippen molar-refractivity contribution in [3.8, 4) is 10.7 Å². The highest BCUT2D eigenvalue weighted by Crippen LogP contribution is 2.21. The van der Waals surface area contributed by atoms with Crippen molar-refractivity contribution in [2.24, 2.45) is 0 Å². The van der Waals surface area contributed by atoms with E-state index in [4.69, 9.17) is 0 Å². The van der Waals surface area contributed by atoms with E-state index in [9.17, 15) is 0 Å². The molecule has 2 heterocycles. The third kappa shape index (κ3) is 4.69. The summed E-state index contributed by atoms with van der Waals surface area (Å²) in [5, 5.41) is 6.67. The molecule has 3 nitrogen and oxygen atoms in total. The number of pyridine rings is 1. The fraction of sp³-hybridized carbons (Fsp3) is 0.500. The summed E-state index contributed by atoms with van der Waals surface area (Å²) in [5.74, 6) is 0. The van der Waals surface area contributed by atoms with E-state index < -0.39 is 0 Å². The van der Waals surface area contributed by atoms with E-state index in [2.05, 4.69) is 34.5 Å². The Morgan fingerprint density at radius 2 is 2.20 bits per heavy atom. The zero-order chi connectivity index (χ0) is 14.2. The summed E-state index contributed by atoms with van der Waals surface area (Å²) < 4.78 is 0. The van der Waals surface area contributed by atoms with Crippen molar-refractivity contribution in [1.29, 1.82) is 0 Å². The standard InChI is InChI=1S/C16H23N3S/c1-3-4-5-8-13(2)18-11-14-12-20-16(19-14)15-9-6-7-10-17-15/h6-7,9-10,12-13,18H,3-5,8,11H2,1-2H3. The van der Waals surface area contributed by atoms with Crippen molar-refractivity contribution >= 4 is 11.3 Å². The summed E-state index contributed by atoms with van der Waals surface area (Å²) in [6.07, 6.45) is 6.97. The zero-order valence-corrected chi connectivity index (χ0v) is 13.1. The zero-order valence-electron chi connectivity index (χ0n) is 12.3. The van der Waals surface area contributed by atoms with Crippen LogP contribution in [0.1, 0.15) is 45.2 Å². The highest BCUT2D eigenvalue weighted by atomic mass is 32.1. The Kier molecular flexibility index (Phi) is 6.15. The third-order valence-corrected chi connectivity index (χ3v) is 4.22. The summed E-state index contributed by atoms with van der Waals surface area (Å²) in [4.78, 5) is 8.98. The average Bonchev–Trinajstić information content (AvgIpc) is 2.95. The molecular formula is C16H23N3S. The van der Waals surface area contributed by atoms with Gasteiger partial charge in [0.1, 0.15) is 5.01 Å². The molecule has 0 aromatic carbocycles. The lowest BCUT2D eigenvalue weighted by Gasteiger charge is -2.12.